The van der Waals surface area contributed by atoms with Crippen LogP contribution in [0.3, 0.4) is 0 Å². The topological polar surface area (TPSA) is 21.3 Å². The molecule has 13 rings (SSSR count). The van der Waals surface area contributed by atoms with Crippen molar-refractivity contribution in [3.8, 4) is 16.8 Å². The van der Waals surface area contributed by atoms with Crippen LogP contribution in [0.1, 0.15) is 0 Å². The normalized spacial score (nSPS) is 11.9. The smallest absolute Gasteiger partial charge is 0.159 e. The second kappa shape index (κ2) is 13.2. The van der Waals surface area contributed by atoms with Gasteiger partial charge in [-0.05, 0) is 109 Å². The van der Waals surface area contributed by atoms with Crippen molar-refractivity contribution in [1.29, 1.82) is 0 Å². The lowest BCUT2D eigenvalue weighted by Gasteiger charge is -2.26. The molecule has 0 aliphatic rings. The maximum atomic E-state index is 6.85. The highest BCUT2D eigenvalue weighted by Gasteiger charge is 2.21. The van der Waals surface area contributed by atoms with Crippen LogP contribution >= 0.6 is 0 Å². The Labute approximate surface area is 351 Å². The van der Waals surface area contributed by atoms with E-state index in [4.69, 9.17) is 4.42 Å². The van der Waals surface area contributed by atoms with Crippen LogP contribution < -0.4 is 4.90 Å². The van der Waals surface area contributed by atoms with Gasteiger partial charge in [-0.15, -0.1) is 0 Å². The molecular formula is C58H36N2O. The molecule has 61 heavy (non-hydrogen) atoms. The molecule has 0 saturated heterocycles. The second-order valence-electron chi connectivity index (χ2n) is 16.1. The molecule has 0 atom stereocenters. The highest BCUT2D eigenvalue weighted by Crippen LogP contribution is 2.45. The minimum Gasteiger partial charge on any atom is -0.454 e. The summed E-state index contributed by atoms with van der Waals surface area (Å²) in [5, 5.41) is 14.5. The van der Waals surface area contributed by atoms with Gasteiger partial charge in [-0.25, -0.2) is 0 Å². The third-order valence-electron chi connectivity index (χ3n) is 12.7. The average Bonchev–Trinajstić information content (AvgIpc) is 3.86. The van der Waals surface area contributed by atoms with Crippen LogP contribution in [0.15, 0.2) is 223 Å². The van der Waals surface area contributed by atoms with Crippen molar-refractivity contribution in [3.05, 3.63) is 218 Å². The van der Waals surface area contributed by atoms with E-state index in [1.54, 1.807) is 0 Å². The molecule has 0 saturated carbocycles. The number of hydrogen-bond donors (Lipinski definition) is 0. The number of nitrogens with zero attached hydrogens (tertiary/aromatic N) is 2. The van der Waals surface area contributed by atoms with Crippen molar-refractivity contribution < 1.29 is 4.42 Å². The number of anilines is 3. The Morgan fingerprint density at radius 2 is 0.951 bits per heavy atom. The van der Waals surface area contributed by atoms with Crippen molar-refractivity contribution in [3.63, 3.8) is 0 Å². The Kier molecular flexibility index (Phi) is 7.31. The standard InChI is InChI=1S/C58H36N2O/c1-2-15-44(16-3-1)60-55-35-42(26-30-50(55)51-31-25-39-12-7-9-18-49(39)57(51)60)37-23-27-45(28-24-37)59(46-29-32-48-43(33-46)22-21-38-11-6-8-17-47(38)48)54-20-10-19-52-53-34-40-13-4-5-14-41(40)36-56(53)61-58(52)54/h1-36H. The Bertz CT molecular complexity index is 3880. The Morgan fingerprint density at radius 1 is 0.344 bits per heavy atom. The Balaban J connectivity index is 0.991. The number of fused-ring (bicyclic) bond motifs is 12. The van der Waals surface area contributed by atoms with Gasteiger partial charge in [0.2, 0.25) is 0 Å². The number of benzene rings is 11. The van der Waals surface area contributed by atoms with Gasteiger partial charge in [-0.3, -0.25) is 0 Å². The molecule has 0 unspecified atom stereocenters. The summed E-state index contributed by atoms with van der Waals surface area (Å²) in [5.74, 6) is 0. The number of para-hydroxylation sites is 2. The SMILES string of the molecule is c1ccc(-n2c3cc(-c4ccc(N(c5ccc6c(ccc7ccccc76)c5)c5cccc6c5oc5cc7ccccc7cc56)cc4)ccc3c3ccc4ccccc4c32)cc1. The van der Waals surface area contributed by atoms with E-state index in [2.05, 4.69) is 228 Å². The zero-order chi connectivity index (χ0) is 40.0. The summed E-state index contributed by atoms with van der Waals surface area (Å²) in [6.07, 6.45) is 0. The van der Waals surface area contributed by atoms with Gasteiger partial charge in [-0.2, -0.15) is 0 Å². The van der Waals surface area contributed by atoms with Gasteiger partial charge >= 0.3 is 0 Å². The molecule has 2 aromatic heterocycles. The van der Waals surface area contributed by atoms with Gasteiger partial charge in [0.15, 0.2) is 5.58 Å². The fourth-order valence-electron chi connectivity index (χ4n) is 9.82. The number of hydrogen-bond acceptors (Lipinski definition) is 2. The lowest BCUT2D eigenvalue weighted by molar-refractivity contribution is 0.669. The first-order chi connectivity index (χ1) is 30.2. The molecule has 2 heterocycles. The van der Waals surface area contributed by atoms with Gasteiger partial charge in [0.05, 0.1) is 16.7 Å². The highest BCUT2D eigenvalue weighted by molar-refractivity contribution is 6.19. The van der Waals surface area contributed by atoms with Crippen LogP contribution in [-0.2, 0) is 0 Å². The molecule has 3 heteroatoms. The molecule has 0 fully saturated rings. The second-order valence-corrected chi connectivity index (χ2v) is 16.1. The number of rotatable bonds is 5. The predicted octanol–water partition coefficient (Wildman–Crippen LogP) is 16.4. The van der Waals surface area contributed by atoms with Gasteiger partial charge in [0.25, 0.3) is 0 Å². The summed E-state index contributed by atoms with van der Waals surface area (Å²) in [7, 11) is 0. The van der Waals surface area contributed by atoms with Crippen LogP contribution in [0.5, 0.6) is 0 Å². The van der Waals surface area contributed by atoms with Gasteiger partial charge in [0, 0.05) is 44.0 Å². The van der Waals surface area contributed by atoms with Crippen molar-refractivity contribution in [2.24, 2.45) is 0 Å². The van der Waals surface area contributed by atoms with Crippen LogP contribution in [0.25, 0.3) is 104 Å². The number of aromatic nitrogens is 1. The van der Waals surface area contributed by atoms with Gasteiger partial charge in [0.1, 0.15) is 5.58 Å². The fraction of sp³-hybridized carbons (Fsp3) is 0. The maximum absolute atomic E-state index is 6.85. The van der Waals surface area contributed by atoms with E-state index in [0.717, 1.165) is 50.3 Å². The maximum Gasteiger partial charge on any atom is 0.159 e. The molecule has 0 aliphatic heterocycles. The molecule has 13 aromatic rings. The summed E-state index contributed by atoms with van der Waals surface area (Å²) < 4.78 is 9.29. The zero-order valence-corrected chi connectivity index (χ0v) is 33.1. The molecule has 0 spiro atoms. The Morgan fingerprint density at radius 3 is 1.79 bits per heavy atom. The Hall–Kier alpha value is -8.14. The molecule has 0 aliphatic carbocycles. The zero-order valence-electron chi connectivity index (χ0n) is 33.1. The summed E-state index contributed by atoms with van der Waals surface area (Å²) in [5.41, 5.74) is 10.7. The first kappa shape index (κ1) is 33.8. The van der Waals surface area contributed by atoms with Crippen molar-refractivity contribution in [2.45, 2.75) is 0 Å². The van der Waals surface area contributed by atoms with Crippen LogP contribution in [-0.4, -0.2) is 4.57 Å². The molecule has 0 amide bonds. The van der Waals surface area contributed by atoms with E-state index >= 15 is 0 Å². The third kappa shape index (κ3) is 5.24. The summed E-state index contributed by atoms with van der Waals surface area (Å²) in [6.45, 7) is 0. The van der Waals surface area contributed by atoms with E-state index in [-0.39, 0.29) is 0 Å². The minimum absolute atomic E-state index is 0.863. The molecular weight excluding hydrogens is 741 g/mol. The van der Waals surface area contributed by atoms with Crippen molar-refractivity contribution in [1.82, 2.24) is 4.57 Å². The van der Waals surface area contributed by atoms with Gasteiger partial charge in [-0.1, -0.05) is 158 Å². The first-order valence-electron chi connectivity index (χ1n) is 20.9. The van der Waals surface area contributed by atoms with Crippen LogP contribution in [0.2, 0.25) is 0 Å². The molecule has 284 valence electrons. The van der Waals surface area contributed by atoms with Crippen molar-refractivity contribution in [2.75, 3.05) is 4.90 Å². The summed E-state index contributed by atoms with van der Waals surface area (Å²) in [4.78, 5) is 2.35. The molecule has 0 radical (unpaired) electrons. The third-order valence-corrected chi connectivity index (χ3v) is 12.7. The predicted molar refractivity (Wildman–Crippen MR) is 258 cm³/mol. The van der Waals surface area contributed by atoms with Crippen LogP contribution in [0, 0.1) is 0 Å². The number of furan rings is 1. The highest BCUT2D eigenvalue weighted by atomic mass is 16.3. The summed E-state index contributed by atoms with van der Waals surface area (Å²) in [6, 6.07) is 79.3. The molecule has 0 bridgehead atoms. The quantitative estimate of drug-likeness (QED) is 0.162. The summed E-state index contributed by atoms with van der Waals surface area (Å²) >= 11 is 0. The molecule has 11 aromatic carbocycles. The molecule has 3 nitrogen and oxygen atoms in total. The van der Waals surface area contributed by atoms with Crippen molar-refractivity contribution >= 4 is 104 Å². The van der Waals surface area contributed by atoms with E-state index in [1.807, 2.05) is 0 Å². The fourth-order valence-corrected chi connectivity index (χ4v) is 9.82. The lowest BCUT2D eigenvalue weighted by atomic mass is 10.0. The monoisotopic (exact) mass is 776 g/mol. The van der Waals surface area contributed by atoms with E-state index in [0.29, 0.717) is 0 Å². The van der Waals surface area contributed by atoms with Crippen LogP contribution in [0.4, 0.5) is 17.1 Å². The van der Waals surface area contributed by atoms with E-state index < -0.39 is 0 Å². The lowest BCUT2D eigenvalue weighted by Crippen LogP contribution is -2.10. The van der Waals surface area contributed by atoms with Gasteiger partial charge < -0.3 is 13.9 Å². The van der Waals surface area contributed by atoms with E-state index in [1.165, 1.54) is 70.5 Å². The van der Waals surface area contributed by atoms with E-state index in [9.17, 15) is 0 Å². The largest absolute Gasteiger partial charge is 0.454 e. The minimum atomic E-state index is 0.863. The average molecular weight is 777 g/mol. The molecule has 0 N–H and O–H groups in total. The first-order valence-corrected chi connectivity index (χ1v) is 20.9.